The number of phenolic OH excluding ortho intramolecular Hbond substituents is 1. The molecule has 17 heavy (non-hydrogen) atoms. The molecule has 94 valence electrons. The van der Waals surface area contributed by atoms with Crippen molar-refractivity contribution in [2.45, 2.75) is 65.2 Å². The van der Waals surface area contributed by atoms with E-state index in [1.54, 1.807) is 0 Å². The molecule has 1 aromatic rings. The minimum absolute atomic E-state index is 0.403. The summed E-state index contributed by atoms with van der Waals surface area (Å²) >= 11 is 0. The number of fused-ring (bicyclic) bond motifs is 1. The SMILES string of the molecule is CC(C)c1cc2c(c(C(C)C)c1O)CCCC2. The fourth-order valence-electron chi connectivity index (χ4n) is 3.01. The van der Waals surface area contributed by atoms with Gasteiger partial charge in [0.15, 0.2) is 0 Å². The largest absolute Gasteiger partial charge is 0.507 e. The van der Waals surface area contributed by atoms with E-state index in [2.05, 4.69) is 33.8 Å². The van der Waals surface area contributed by atoms with Crippen LogP contribution in [-0.2, 0) is 12.8 Å². The number of aryl methyl sites for hydroxylation is 1. The number of phenols is 1. The summed E-state index contributed by atoms with van der Waals surface area (Å²) in [7, 11) is 0. The molecule has 1 aliphatic rings. The number of benzene rings is 1. The van der Waals surface area contributed by atoms with E-state index >= 15 is 0 Å². The first-order valence-corrected chi connectivity index (χ1v) is 6.89. The number of hydrogen-bond acceptors (Lipinski definition) is 1. The molecule has 0 radical (unpaired) electrons. The highest BCUT2D eigenvalue weighted by Gasteiger charge is 2.22. The maximum Gasteiger partial charge on any atom is 0.122 e. The van der Waals surface area contributed by atoms with Gasteiger partial charge < -0.3 is 5.11 Å². The Hall–Kier alpha value is -0.980. The van der Waals surface area contributed by atoms with Gasteiger partial charge in [0.25, 0.3) is 0 Å². The second-order valence-corrected chi connectivity index (χ2v) is 5.88. The van der Waals surface area contributed by atoms with Gasteiger partial charge in [0.1, 0.15) is 5.75 Å². The van der Waals surface area contributed by atoms with Gasteiger partial charge in [0.2, 0.25) is 0 Å². The molecule has 1 nitrogen and oxygen atoms in total. The van der Waals surface area contributed by atoms with E-state index in [0.717, 1.165) is 12.0 Å². The molecule has 0 unspecified atom stereocenters. The minimum Gasteiger partial charge on any atom is -0.507 e. The molecule has 0 aromatic heterocycles. The lowest BCUT2D eigenvalue weighted by atomic mass is 9.81. The highest BCUT2D eigenvalue weighted by Crippen LogP contribution is 2.40. The summed E-state index contributed by atoms with van der Waals surface area (Å²) in [5.74, 6) is 1.39. The topological polar surface area (TPSA) is 20.2 Å². The third-order valence-corrected chi connectivity index (χ3v) is 3.89. The van der Waals surface area contributed by atoms with Crippen molar-refractivity contribution in [1.29, 1.82) is 0 Å². The van der Waals surface area contributed by atoms with E-state index in [-0.39, 0.29) is 0 Å². The molecule has 0 atom stereocenters. The van der Waals surface area contributed by atoms with Gasteiger partial charge in [-0.2, -0.15) is 0 Å². The van der Waals surface area contributed by atoms with Crippen LogP contribution in [0.5, 0.6) is 5.75 Å². The van der Waals surface area contributed by atoms with Crippen LogP contribution in [0.2, 0.25) is 0 Å². The van der Waals surface area contributed by atoms with Crippen LogP contribution in [0.4, 0.5) is 0 Å². The van der Waals surface area contributed by atoms with Gasteiger partial charge in [-0.25, -0.2) is 0 Å². The van der Waals surface area contributed by atoms with Crippen molar-refractivity contribution < 1.29 is 5.11 Å². The Bertz CT molecular complexity index is 416. The third-order valence-electron chi connectivity index (χ3n) is 3.89. The Morgan fingerprint density at radius 3 is 2.24 bits per heavy atom. The lowest BCUT2D eigenvalue weighted by molar-refractivity contribution is 0.451. The first kappa shape index (κ1) is 12.5. The quantitative estimate of drug-likeness (QED) is 0.795. The smallest absolute Gasteiger partial charge is 0.122 e. The second-order valence-electron chi connectivity index (χ2n) is 5.88. The Morgan fingerprint density at radius 1 is 1.00 bits per heavy atom. The van der Waals surface area contributed by atoms with Crippen molar-refractivity contribution in [1.82, 2.24) is 0 Å². The lowest BCUT2D eigenvalue weighted by Gasteiger charge is -2.25. The van der Waals surface area contributed by atoms with E-state index in [0.29, 0.717) is 17.6 Å². The molecule has 2 rings (SSSR count). The van der Waals surface area contributed by atoms with E-state index in [9.17, 15) is 5.11 Å². The van der Waals surface area contributed by atoms with Gasteiger partial charge in [0, 0.05) is 5.56 Å². The standard InChI is InChI=1S/C16H24O/c1-10(2)14-9-12-7-5-6-8-13(12)15(11(3)4)16(14)17/h9-11,17H,5-8H2,1-4H3. The van der Waals surface area contributed by atoms with Crippen LogP contribution in [-0.4, -0.2) is 5.11 Å². The number of aromatic hydroxyl groups is 1. The Balaban J connectivity index is 2.64. The van der Waals surface area contributed by atoms with Crippen LogP contribution < -0.4 is 0 Å². The summed E-state index contributed by atoms with van der Waals surface area (Å²) in [5.41, 5.74) is 5.27. The molecule has 1 heteroatoms. The molecule has 0 fully saturated rings. The zero-order chi connectivity index (χ0) is 12.6. The molecule has 1 aromatic carbocycles. The first-order valence-electron chi connectivity index (χ1n) is 6.89. The molecule has 0 saturated carbocycles. The zero-order valence-corrected chi connectivity index (χ0v) is 11.5. The average Bonchev–Trinajstić information content (AvgIpc) is 2.27. The van der Waals surface area contributed by atoms with Crippen molar-refractivity contribution in [2.75, 3.05) is 0 Å². The van der Waals surface area contributed by atoms with Crippen molar-refractivity contribution in [3.05, 3.63) is 28.3 Å². The summed E-state index contributed by atoms with van der Waals surface area (Å²) in [6.07, 6.45) is 4.91. The third kappa shape index (κ3) is 2.20. The first-order chi connectivity index (χ1) is 8.02. The van der Waals surface area contributed by atoms with Gasteiger partial charge in [-0.05, 0) is 54.2 Å². The molecule has 0 aliphatic heterocycles. The minimum atomic E-state index is 0.403. The summed E-state index contributed by atoms with van der Waals surface area (Å²) in [4.78, 5) is 0. The molecule has 0 spiro atoms. The van der Waals surface area contributed by atoms with E-state index in [4.69, 9.17) is 0 Å². The van der Waals surface area contributed by atoms with Gasteiger partial charge >= 0.3 is 0 Å². The highest BCUT2D eigenvalue weighted by atomic mass is 16.3. The highest BCUT2D eigenvalue weighted by molar-refractivity contribution is 5.53. The predicted octanol–water partition coefficient (Wildman–Crippen LogP) is 4.52. The van der Waals surface area contributed by atoms with Gasteiger partial charge in [-0.1, -0.05) is 33.8 Å². The zero-order valence-electron chi connectivity index (χ0n) is 11.5. The van der Waals surface area contributed by atoms with Crippen LogP contribution in [0.1, 0.15) is 74.6 Å². The second kappa shape index (κ2) is 4.72. The maximum atomic E-state index is 10.5. The molecule has 0 saturated heterocycles. The van der Waals surface area contributed by atoms with Gasteiger partial charge in [-0.3, -0.25) is 0 Å². The normalized spacial score (nSPS) is 15.4. The van der Waals surface area contributed by atoms with Crippen LogP contribution in [0, 0.1) is 0 Å². The van der Waals surface area contributed by atoms with Crippen molar-refractivity contribution in [3.8, 4) is 5.75 Å². The van der Waals surface area contributed by atoms with E-state index in [1.807, 2.05) is 0 Å². The van der Waals surface area contributed by atoms with Crippen molar-refractivity contribution in [3.63, 3.8) is 0 Å². The lowest BCUT2D eigenvalue weighted by Crippen LogP contribution is -2.10. The van der Waals surface area contributed by atoms with E-state index in [1.165, 1.54) is 36.0 Å². The fourth-order valence-corrected chi connectivity index (χ4v) is 3.01. The van der Waals surface area contributed by atoms with Crippen LogP contribution in [0.25, 0.3) is 0 Å². The van der Waals surface area contributed by atoms with Gasteiger partial charge in [-0.15, -0.1) is 0 Å². The molecule has 0 bridgehead atoms. The van der Waals surface area contributed by atoms with Crippen molar-refractivity contribution >= 4 is 0 Å². The van der Waals surface area contributed by atoms with Crippen LogP contribution in [0.3, 0.4) is 0 Å². The van der Waals surface area contributed by atoms with Crippen molar-refractivity contribution in [2.24, 2.45) is 0 Å². The molecule has 1 aliphatic carbocycles. The number of rotatable bonds is 2. The molecule has 0 heterocycles. The van der Waals surface area contributed by atoms with E-state index < -0.39 is 0 Å². The number of hydrogen-bond donors (Lipinski definition) is 1. The molecule has 1 N–H and O–H groups in total. The molecular formula is C16H24O. The summed E-state index contributed by atoms with van der Waals surface area (Å²) in [6.45, 7) is 8.70. The average molecular weight is 232 g/mol. The maximum absolute atomic E-state index is 10.5. The van der Waals surface area contributed by atoms with Crippen LogP contribution in [0.15, 0.2) is 6.07 Å². The monoisotopic (exact) mass is 232 g/mol. The van der Waals surface area contributed by atoms with Gasteiger partial charge in [0.05, 0.1) is 0 Å². The predicted molar refractivity (Wildman–Crippen MR) is 72.9 cm³/mol. The summed E-state index contributed by atoms with van der Waals surface area (Å²) < 4.78 is 0. The Morgan fingerprint density at radius 2 is 1.65 bits per heavy atom. The molecular weight excluding hydrogens is 208 g/mol. The van der Waals surface area contributed by atoms with Crippen LogP contribution >= 0.6 is 0 Å². The fraction of sp³-hybridized carbons (Fsp3) is 0.625. The summed E-state index contributed by atoms with van der Waals surface area (Å²) in [5, 5.41) is 10.5. The Labute approximate surface area is 105 Å². The Kier molecular flexibility index (Phi) is 3.46. The summed E-state index contributed by atoms with van der Waals surface area (Å²) in [6, 6.07) is 2.25. The molecule has 0 amide bonds.